The average molecular weight is 193 g/mol. The van der Waals surface area contributed by atoms with E-state index in [1.807, 2.05) is 0 Å². The van der Waals surface area contributed by atoms with Crippen LogP contribution >= 0.6 is 11.3 Å². The molecule has 1 unspecified atom stereocenters. The Morgan fingerprint density at radius 1 is 1.67 bits per heavy atom. The van der Waals surface area contributed by atoms with Crippen molar-refractivity contribution in [2.75, 3.05) is 0 Å². The molecule has 0 aliphatic carbocycles. The van der Waals surface area contributed by atoms with E-state index in [2.05, 4.69) is 10.4 Å². The molecule has 0 spiro atoms. The molecule has 1 aromatic rings. The van der Waals surface area contributed by atoms with Crippen molar-refractivity contribution >= 4 is 11.3 Å². The molecule has 3 N–H and O–H groups in total. The summed E-state index contributed by atoms with van der Waals surface area (Å²) >= 11 is 1.34. The third kappa shape index (κ3) is 2.47. The first kappa shape index (κ1) is 9.50. The standard InChI is InChI=1S/C6H9F2N3S/c7-6(8)5(11-9)1-4-2-10-3-12-4/h2-3,5-6,11H,1,9H2. The van der Waals surface area contributed by atoms with Gasteiger partial charge in [0.1, 0.15) is 0 Å². The highest BCUT2D eigenvalue weighted by Crippen LogP contribution is 2.12. The van der Waals surface area contributed by atoms with E-state index in [9.17, 15) is 8.78 Å². The molecule has 1 rings (SSSR count). The number of nitrogens with two attached hydrogens (primary N) is 1. The maximum absolute atomic E-state index is 12.1. The van der Waals surface area contributed by atoms with E-state index < -0.39 is 12.5 Å². The normalized spacial score (nSPS) is 13.7. The summed E-state index contributed by atoms with van der Waals surface area (Å²) < 4.78 is 24.3. The van der Waals surface area contributed by atoms with Crippen LogP contribution in [0, 0.1) is 0 Å². The Bertz CT molecular complexity index is 215. The van der Waals surface area contributed by atoms with E-state index in [1.54, 1.807) is 11.7 Å². The summed E-state index contributed by atoms with van der Waals surface area (Å²) in [5.74, 6) is 4.94. The summed E-state index contributed by atoms with van der Waals surface area (Å²) in [5.41, 5.74) is 3.67. The molecule has 1 atom stereocenters. The van der Waals surface area contributed by atoms with Crippen molar-refractivity contribution in [3.05, 3.63) is 16.6 Å². The molecule has 0 bridgehead atoms. The Morgan fingerprint density at radius 3 is 2.83 bits per heavy atom. The van der Waals surface area contributed by atoms with Crippen molar-refractivity contribution in [1.29, 1.82) is 0 Å². The molecule has 0 aliphatic rings. The number of nitrogens with zero attached hydrogens (tertiary/aromatic N) is 1. The third-order valence-electron chi connectivity index (χ3n) is 1.42. The molecule has 12 heavy (non-hydrogen) atoms. The number of hydrogen-bond acceptors (Lipinski definition) is 4. The van der Waals surface area contributed by atoms with E-state index in [0.717, 1.165) is 4.88 Å². The van der Waals surface area contributed by atoms with Gasteiger partial charge in [0.2, 0.25) is 0 Å². The molecule has 1 aromatic heterocycles. The first-order valence-electron chi connectivity index (χ1n) is 3.35. The van der Waals surface area contributed by atoms with Crippen molar-refractivity contribution in [2.24, 2.45) is 5.84 Å². The van der Waals surface area contributed by atoms with Crippen LogP contribution in [-0.4, -0.2) is 17.5 Å². The second-order valence-electron chi connectivity index (χ2n) is 2.28. The van der Waals surface area contributed by atoms with Gasteiger partial charge < -0.3 is 0 Å². The highest BCUT2D eigenvalue weighted by molar-refractivity contribution is 7.09. The number of halogens is 2. The van der Waals surface area contributed by atoms with Gasteiger partial charge in [0.05, 0.1) is 11.6 Å². The van der Waals surface area contributed by atoms with Gasteiger partial charge in [-0.05, 0) is 0 Å². The first-order valence-corrected chi connectivity index (χ1v) is 4.23. The van der Waals surface area contributed by atoms with Crippen molar-refractivity contribution in [2.45, 2.75) is 18.9 Å². The van der Waals surface area contributed by atoms with Crippen LogP contribution in [0.15, 0.2) is 11.7 Å². The van der Waals surface area contributed by atoms with E-state index in [1.165, 1.54) is 11.3 Å². The van der Waals surface area contributed by atoms with Crippen LogP contribution in [0.5, 0.6) is 0 Å². The topological polar surface area (TPSA) is 50.9 Å². The molecule has 68 valence electrons. The minimum Gasteiger partial charge on any atom is -0.271 e. The summed E-state index contributed by atoms with van der Waals surface area (Å²) in [6.45, 7) is 0. The lowest BCUT2D eigenvalue weighted by Crippen LogP contribution is -2.41. The highest BCUT2D eigenvalue weighted by Gasteiger charge is 2.19. The quantitative estimate of drug-likeness (QED) is 0.549. The molecular formula is C6H9F2N3S. The minimum absolute atomic E-state index is 0.221. The maximum Gasteiger partial charge on any atom is 0.255 e. The largest absolute Gasteiger partial charge is 0.271 e. The van der Waals surface area contributed by atoms with Crippen LogP contribution in [-0.2, 0) is 6.42 Å². The SMILES string of the molecule is NNC(Cc1cncs1)C(F)F. The zero-order valence-corrected chi connectivity index (χ0v) is 7.02. The second kappa shape index (κ2) is 4.44. The average Bonchev–Trinajstić information content (AvgIpc) is 2.51. The van der Waals surface area contributed by atoms with Crippen molar-refractivity contribution in [3.63, 3.8) is 0 Å². The van der Waals surface area contributed by atoms with Gasteiger partial charge in [0, 0.05) is 17.5 Å². The Morgan fingerprint density at radius 2 is 2.42 bits per heavy atom. The fourth-order valence-electron chi connectivity index (χ4n) is 0.780. The van der Waals surface area contributed by atoms with Gasteiger partial charge in [-0.1, -0.05) is 0 Å². The van der Waals surface area contributed by atoms with Crippen molar-refractivity contribution < 1.29 is 8.78 Å². The second-order valence-corrected chi connectivity index (χ2v) is 3.25. The maximum atomic E-state index is 12.1. The van der Waals surface area contributed by atoms with Gasteiger partial charge in [-0.15, -0.1) is 11.3 Å². The van der Waals surface area contributed by atoms with Crippen LogP contribution in [0.4, 0.5) is 8.78 Å². The lowest BCUT2D eigenvalue weighted by atomic mass is 10.2. The third-order valence-corrected chi connectivity index (χ3v) is 2.22. The summed E-state index contributed by atoms with van der Waals surface area (Å²) in [6, 6.07) is -0.981. The highest BCUT2D eigenvalue weighted by atomic mass is 32.1. The molecular weight excluding hydrogens is 184 g/mol. The van der Waals surface area contributed by atoms with E-state index in [-0.39, 0.29) is 6.42 Å². The summed E-state index contributed by atoms with van der Waals surface area (Å²) in [7, 11) is 0. The number of hydrogen-bond donors (Lipinski definition) is 2. The molecule has 0 saturated carbocycles. The Balaban J connectivity index is 2.48. The van der Waals surface area contributed by atoms with Crippen LogP contribution in [0.25, 0.3) is 0 Å². The molecule has 0 fully saturated rings. The van der Waals surface area contributed by atoms with Crippen LogP contribution in [0.1, 0.15) is 4.88 Å². The number of hydrazine groups is 1. The van der Waals surface area contributed by atoms with Crippen LogP contribution in [0.3, 0.4) is 0 Å². The van der Waals surface area contributed by atoms with Gasteiger partial charge in [0.25, 0.3) is 6.43 Å². The summed E-state index contributed by atoms with van der Waals surface area (Å²) in [4.78, 5) is 4.58. The van der Waals surface area contributed by atoms with Gasteiger partial charge in [-0.2, -0.15) is 0 Å². The lowest BCUT2D eigenvalue weighted by molar-refractivity contribution is 0.0988. The number of aromatic nitrogens is 1. The Labute approximate surface area is 72.6 Å². The Kier molecular flexibility index (Phi) is 3.51. The van der Waals surface area contributed by atoms with Crippen molar-refractivity contribution in [3.8, 4) is 0 Å². The number of alkyl halides is 2. The summed E-state index contributed by atoms with van der Waals surface area (Å²) in [6.07, 6.45) is -0.659. The van der Waals surface area contributed by atoms with Crippen molar-refractivity contribution in [1.82, 2.24) is 10.4 Å². The molecule has 0 aliphatic heterocycles. The fraction of sp³-hybridized carbons (Fsp3) is 0.500. The van der Waals surface area contributed by atoms with Gasteiger partial charge in [0.15, 0.2) is 0 Å². The first-order chi connectivity index (χ1) is 5.74. The minimum atomic E-state index is -2.45. The molecule has 0 radical (unpaired) electrons. The smallest absolute Gasteiger partial charge is 0.255 e. The van der Waals surface area contributed by atoms with Gasteiger partial charge >= 0.3 is 0 Å². The monoisotopic (exact) mass is 193 g/mol. The predicted octanol–water partition coefficient (Wildman–Crippen LogP) is 0.783. The van der Waals surface area contributed by atoms with Gasteiger partial charge in [-0.25, -0.2) is 8.78 Å². The molecule has 3 nitrogen and oxygen atoms in total. The fourth-order valence-corrected chi connectivity index (χ4v) is 1.44. The zero-order chi connectivity index (χ0) is 8.97. The van der Waals surface area contributed by atoms with E-state index in [0.29, 0.717) is 0 Å². The van der Waals surface area contributed by atoms with E-state index >= 15 is 0 Å². The molecule has 1 heterocycles. The number of nitrogens with one attached hydrogen (secondary N) is 1. The molecule has 0 aromatic carbocycles. The predicted molar refractivity (Wildman–Crippen MR) is 42.9 cm³/mol. The summed E-state index contributed by atoms with van der Waals surface area (Å²) in [5, 5.41) is 0. The number of rotatable bonds is 4. The molecule has 0 saturated heterocycles. The molecule has 6 heteroatoms. The van der Waals surface area contributed by atoms with E-state index in [4.69, 9.17) is 5.84 Å². The van der Waals surface area contributed by atoms with Crippen LogP contribution in [0.2, 0.25) is 0 Å². The Hall–Kier alpha value is -0.590. The molecule has 0 amide bonds. The van der Waals surface area contributed by atoms with Gasteiger partial charge in [-0.3, -0.25) is 16.3 Å². The lowest BCUT2D eigenvalue weighted by Gasteiger charge is -2.12. The van der Waals surface area contributed by atoms with Crippen LogP contribution < -0.4 is 11.3 Å². The number of thiazole rings is 1. The zero-order valence-electron chi connectivity index (χ0n) is 6.21.